The number of hydrogen-bond acceptors (Lipinski definition) is 5. The van der Waals surface area contributed by atoms with Gasteiger partial charge in [-0.05, 0) is 30.7 Å². The van der Waals surface area contributed by atoms with Crippen molar-refractivity contribution >= 4 is 0 Å². The molecule has 1 aromatic rings. The molecule has 0 radical (unpaired) electrons. The van der Waals surface area contributed by atoms with E-state index in [1.165, 1.54) is 32.1 Å². The second kappa shape index (κ2) is 6.82. The maximum atomic E-state index is 5.74. The molecular formula is C14H24N4O. The first-order valence-corrected chi connectivity index (χ1v) is 7.12. The van der Waals surface area contributed by atoms with Crippen molar-refractivity contribution in [3.8, 4) is 5.88 Å². The minimum atomic E-state index is 0.0905. The molecule has 2 rings (SSSR count). The van der Waals surface area contributed by atoms with Gasteiger partial charge in [-0.2, -0.15) is 5.10 Å². The molecule has 3 unspecified atom stereocenters. The third kappa shape index (κ3) is 3.42. The Labute approximate surface area is 114 Å². The number of methoxy groups -OCH3 is 1. The van der Waals surface area contributed by atoms with Crippen LogP contribution < -0.4 is 16.0 Å². The number of hydrogen-bond donors (Lipinski definition) is 2. The predicted octanol–water partition coefficient (Wildman–Crippen LogP) is 2.21. The number of nitrogens with one attached hydrogen (secondary N) is 1. The van der Waals surface area contributed by atoms with Gasteiger partial charge in [-0.3, -0.25) is 11.3 Å². The summed E-state index contributed by atoms with van der Waals surface area (Å²) in [5.41, 5.74) is 3.83. The van der Waals surface area contributed by atoms with Crippen LogP contribution in [0.3, 0.4) is 0 Å². The van der Waals surface area contributed by atoms with Gasteiger partial charge in [0.1, 0.15) is 0 Å². The minimum absolute atomic E-state index is 0.0905. The maximum absolute atomic E-state index is 5.74. The Hall–Kier alpha value is -1.20. The molecule has 3 N–H and O–H groups in total. The van der Waals surface area contributed by atoms with Gasteiger partial charge in [0.05, 0.1) is 18.8 Å². The van der Waals surface area contributed by atoms with Crippen LogP contribution in [-0.2, 0) is 0 Å². The average molecular weight is 264 g/mol. The van der Waals surface area contributed by atoms with Crippen LogP contribution in [0.2, 0.25) is 0 Å². The summed E-state index contributed by atoms with van der Waals surface area (Å²) in [5, 5.41) is 8.26. The fourth-order valence-electron chi connectivity index (χ4n) is 3.07. The molecule has 0 aromatic carbocycles. The lowest BCUT2D eigenvalue weighted by Crippen LogP contribution is -2.36. The third-order valence-corrected chi connectivity index (χ3v) is 4.24. The van der Waals surface area contributed by atoms with Crippen molar-refractivity contribution in [1.29, 1.82) is 0 Å². The van der Waals surface area contributed by atoms with E-state index < -0.39 is 0 Å². The lowest BCUT2D eigenvalue weighted by molar-refractivity contribution is 0.206. The highest BCUT2D eigenvalue weighted by Crippen LogP contribution is 2.37. The van der Waals surface area contributed by atoms with Crippen molar-refractivity contribution in [2.24, 2.45) is 17.7 Å². The molecule has 1 saturated carbocycles. The van der Waals surface area contributed by atoms with Crippen LogP contribution in [0.15, 0.2) is 12.1 Å². The Kier molecular flexibility index (Phi) is 5.10. The molecule has 5 heteroatoms. The molecule has 1 aromatic heterocycles. The molecule has 0 saturated heterocycles. The standard InChI is InChI=1S/C14H24N4O/c1-3-10-5-4-6-11(9-10)14(16-15)12-7-8-13(19-2)18-17-12/h7-8,10-11,14,16H,3-6,9,15H2,1-2H3. The monoisotopic (exact) mass is 264 g/mol. The molecule has 3 atom stereocenters. The number of ether oxygens (including phenoxy) is 1. The van der Waals surface area contributed by atoms with Crippen LogP contribution in [-0.4, -0.2) is 17.3 Å². The summed E-state index contributed by atoms with van der Waals surface area (Å²) in [4.78, 5) is 0. The van der Waals surface area contributed by atoms with Gasteiger partial charge in [0.2, 0.25) is 5.88 Å². The summed E-state index contributed by atoms with van der Waals surface area (Å²) in [6, 6.07) is 3.88. The smallest absolute Gasteiger partial charge is 0.233 e. The molecule has 0 aliphatic heterocycles. The Morgan fingerprint density at radius 1 is 1.42 bits per heavy atom. The summed E-state index contributed by atoms with van der Waals surface area (Å²) >= 11 is 0. The highest BCUT2D eigenvalue weighted by molar-refractivity contribution is 5.15. The normalized spacial score (nSPS) is 25.0. The molecule has 1 aliphatic carbocycles. The summed E-state index contributed by atoms with van der Waals surface area (Å²) in [5.74, 6) is 7.65. The summed E-state index contributed by atoms with van der Waals surface area (Å²) in [7, 11) is 1.59. The molecule has 5 nitrogen and oxygen atoms in total. The first-order chi connectivity index (χ1) is 9.28. The van der Waals surface area contributed by atoms with Gasteiger partial charge in [-0.25, -0.2) is 0 Å². The van der Waals surface area contributed by atoms with Gasteiger partial charge >= 0.3 is 0 Å². The van der Waals surface area contributed by atoms with Gasteiger partial charge in [-0.15, -0.1) is 5.10 Å². The van der Waals surface area contributed by atoms with Crippen LogP contribution in [0.1, 0.15) is 50.8 Å². The molecular weight excluding hydrogens is 240 g/mol. The van der Waals surface area contributed by atoms with Gasteiger partial charge in [0.25, 0.3) is 0 Å². The number of nitrogens with two attached hydrogens (primary N) is 1. The molecule has 0 bridgehead atoms. The summed E-state index contributed by atoms with van der Waals surface area (Å²) in [6.07, 6.45) is 6.31. The predicted molar refractivity (Wildman–Crippen MR) is 74.4 cm³/mol. The van der Waals surface area contributed by atoms with E-state index in [0.717, 1.165) is 11.6 Å². The van der Waals surface area contributed by atoms with Crippen molar-refractivity contribution in [1.82, 2.24) is 15.6 Å². The summed E-state index contributed by atoms with van der Waals surface area (Å²) < 4.78 is 5.04. The largest absolute Gasteiger partial charge is 0.480 e. The minimum Gasteiger partial charge on any atom is -0.480 e. The fourth-order valence-corrected chi connectivity index (χ4v) is 3.07. The Morgan fingerprint density at radius 3 is 2.84 bits per heavy atom. The molecule has 106 valence electrons. The zero-order chi connectivity index (χ0) is 13.7. The van der Waals surface area contributed by atoms with E-state index in [2.05, 4.69) is 22.5 Å². The van der Waals surface area contributed by atoms with Crippen molar-refractivity contribution < 1.29 is 4.74 Å². The second-order valence-electron chi connectivity index (χ2n) is 5.35. The van der Waals surface area contributed by atoms with Gasteiger partial charge < -0.3 is 4.74 Å². The molecule has 1 aliphatic rings. The van der Waals surface area contributed by atoms with E-state index >= 15 is 0 Å². The molecule has 0 amide bonds. The molecule has 19 heavy (non-hydrogen) atoms. The zero-order valence-electron chi connectivity index (χ0n) is 11.8. The van der Waals surface area contributed by atoms with E-state index in [4.69, 9.17) is 10.6 Å². The van der Waals surface area contributed by atoms with Crippen LogP contribution in [0.25, 0.3) is 0 Å². The Morgan fingerprint density at radius 2 is 2.26 bits per heavy atom. The van der Waals surface area contributed by atoms with Crippen molar-refractivity contribution in [2.75, 3.05) is 7.11 Å². The topological polar surface area (TPSA) is 73.1 Å². The lowest BCUT2D eigenvalue weighted by Gasteiger charge is -2.33. The highest BCUT2D eigenvalue weighted by atomic mass is 16.5. The van der Waals surface area contributed by atoms with Gasteiger partial charge in [-0.1, -0.05) is 26.2 Å². The average Bonchev–Trinajstić information content (AvgIpc) is 2.49. The highest BCUT2D eigenvalue weighted by Gasteiger charge is 2.29. The van der Waals surface area contributed by atoms with Crippen molar-refractivity contribution in [3.63, 3.8) is 0 Å². The van der Waals surface area contributed by atoms with Gasteiger partial charge in [0.15, 0.2) is 0 Å². The number of rotatable bonds is 5. The number of hydrazine groups is 1. The van der Waals surface area contributed by atoms with E-state index in [1.54, 1.807) is 7.11 Å². The zero-order valence-corrected chi connectivity index (χ0v) is 11.8. The third-order valence-electron chi connectivity index (χ3n) is 4.24. The van der Waals surface area contributed by atoms with E-state index in [1.807, 2.05) is 12.1 Å². The quantitative estimate of drug-likeness (QED) is 0.630. The first-order valence-electron chi connectivity index (χ1n) is 7.12. The van der Waals surface area contributed by atoms with Crippen LogP contribution in [0.4, 0.5) is 0 Å². The van der Waals surface area contributed by atoms with E-state index in [0.29, 0.717) is 11.8 Å². The number of nitrogens with zero attached hydrogens (tertiary/aromatic N) is 2. The molecule has 1 heterocycles. The van der Waals surface area contributed by atoms with Gasteiger partial charge in [0, 0.05) is 6.07 Å². The number of aromatic nitrogens is 2. The molecule has 0 spiro atoms. The van der Waals surface area contributed by atoms with Crippen LogP contribution in [0, 0.1) is 11.8 Å². The first kappa shape index (κ1) is 14.2. The fraction of sp³-hybridized carbons (Fsp3) is 0.714. The van der Waals surface area contributed by atoms with Crippen molar-refractivity contribution in [2.45, 2.75) is 45.1 Å². The van der Waals surface area contributed by atoms with E-state index in [-0.39, 0.29) is 6.04 Å². The van der Waals surface area contributed by atoms with Crippen LogP contribution in [0.5, 0.6) is 5.88 Å². The van der Waals surface area contributed by atoms with E-state index in [9.17, 15) is 0 Å². The lowest BCUT2D eigenvalue weighted by atomic mass is 9.76. The maximum Gasteiger partial charge on any atom is 0.233 e. The second-order valence-corrected chi connectivity index (χ2v) is 5.35. The Bertz CT molecular complexity index is 382. The van der Waals surface area contributed by atoms with Crippen LogP contribution >= 0.6 is 0 Å². The Balaban J connectivity index is 2.09. The summed E-state index contributed by atoms with van der Waals surface area (Å²) in [6.45, 7) is 2.27. The molecule has 1 fully saturated rings. The SMILES string of the molecule is CCC1CCCC(C(NN)c2ccc(OC)nn2)C1. The van der Waals surface area contributed by atoms with Crippen molar-refractivity contribution in [3.05, 3.63) is 17.8 Å².